The average Bonchev–Trinajstić information content (AvgIpc) is 3.16. The van der Waals surface area contributed by atoms with Crippen molar-refractivity contribution in [1.82, 2.24) is 15.1 Å². The van der Waals surface area contributed by atoms with E-state index in [1.54, 1.807) is 6.07 Å². The molecule has 0 saturated heterocycles. The van der Waals surface area contributed by atoms with Gasteiger partial charge in [0.2, 0.25) is 17.7 Å². The van der Waals surface area contributed by atoms with Crippen molar-refractivity contribution >= 4 is 23.2 Å². The van der Waals surface area contributed by atoms with E-state index in [4.69, 9.17) is 16.0 Å². The van der Waals surface area contributed by atoms with Crippen LogP contribution >= 0.6 is 11.6 Å². The molecule has 0 saturated carbocycles. The van der Waals surface area contributed by atoms with Gasteiger partial charge >= 0.3 is 0 Å². The number of hydrogen-bond acceptors (Lipinski definition) is 5. The van der Waals surface area contributed by atoms with Crippen LogP contribution in [0.25, 0.3) is 11.5 Å². The molecule has 6 nitrogen and oxygen atoms in total. The van der Waals surface area contributed by atoms with Gasteiger partial charge in [-0.05, 0) is 42.1 Å². The third kappa shape index (κ3) is 6.15. The van der Waals surface area contributed by atoms with Crippen LogP contribution in [0.15, 0.2) is 52.9 Å². The van der Waals surface area contributed by atoms with Crippen LogP contribution < -0.4 is 5.32 Å². The average molecular weight is 441 g/mol. The van der Waals surface area contributed by atoms with Crippen molar-refractivity contribution in [3.05, 3.63) is 65.0 Å². The van der Waals surface area contributed by atoms with Gasteiger partial charge in [0.25, 0.3) is 0 Å². The number of para-hydroxylation sites is 1. The fourth-order valence-corrected chi connectivity index (χ4v) is 3.64. The van der Waals surface area contributed by atoms with Gasteiger partial charge in [0, 0.05) is 5.69 Å². The summed E-state index contributed by atoms with van der Waals surface area (Å²) < 4.78 is 5.81. The summed E-state index contributed by atoms with van der Waals surface area (Å²) in [6, 6.07) is 15.3. The van der Waals surface area contributed by atoms with Crippen LogP contribution in [0, 0.1) is 0 Å². The van der Waals surface area contributed by atoms with Crippen LogP contribution in [0.1, 0.15) is 45.6 Å². The van der Waals surface area contributed by atoms with E-state index in [1.165, 1.54) is 0 Å². The third-order valence-electron chi connectivity index (χ3n) is 4.85. The molecule has 3 aromatic rings. The summed E-state index contributed by atoms with van der Waals surface area (Å²) in [5.74, 6) is 0.753. The van der Waals surface area contributed by atoms with E-state index >= 15 is 0 Å². The molecule has 3 rings (SSSR count). The summed E-state index contributed by atoms with van der Waals surface area (Å²) in [5, 5.41) is 11.9. The second-order valence-electron chi connectivity index (χ2n) is 8.54. The second kappa shape index (κ2) is 10.1. The number of aromatic nitrogens is 2. The van der Waals surface area contributed by atoms with Crippen molar-refractivity contribution in [2.24, 2.45) is 0 Å². The first-order chi connectivity index (χ1) is 14.8. The highest BCUT2D eigenvalue weighted by Crippen LogP contribution is 2.29. The van der Waals surface area contributed by atoms with E-state index in [-0.39, 0.29) is 17.9 Å². The largest absolute Gasteiger partial charge is 0.419 e. The molecule has 1 heterocycles. The molecule has 0 aliphatic rings. The topological polar surface area (TPSA) is 71.3 Å². The molecule has 164 valence electrons. The summed E-state index contributed by atoms with van der Waals surface area (Å²) in [6.45, 7) is 9.82. The number of rotatable bonds is 8. The first-order valence-corrected chi connectivity index (χ1v) is 10.8. The van der Waals surface area contributed by atoms with Crippen LogP contribution in [0.3, 0.4) is 0 Å². The van der Waals surface area contributed by atoms with Crippen molar-refractivity contribution in [1.29, 1.82) is 0 Å². The Morgan fingerprint density at radius 2 is 1.81 bits per heavy atom. The van der Waals surface area contributed by atoms with E-state index in [9.17, 15) is 4.79 Å². The zero-order chi connectivity index (χ0) is 22.4. The highest BCUT2D eigenvalue weighted by Gasteiger charge is 2.20. The minimum Gasteiger partial charge on any atom is -0.419 e. The number of carbonyl (C=O) groups excluding carboxylic acids is 1. The van der Waals surface area contributed by atoms with Crippen LogP contribution in [0.2, 0.25) is 5.02 Å². The molecule has 1 aromatic heterocycles. The lowest BCUT2D eigenvalue weighted by Gasteiger charge is -2.24. The van der Waals surface area contributed by atoms with Crippen LogP contribution in [0.5, 0.6) is 0 Å². The van der Waals surface area contributed by atoms with Gasteiger partial charge < -0.3 is 9.73 Å². The molecular formula is C24H29ClN4O2. The summed E-state index contributed by atoms with van der Waals surface area (Å²) >= 11 is 6.22. The molecular weight excluding hydrogens is 412 g/mol. The van der Waals surface area contributed by atoms with E-state index in [1.807, 2.05) is 47.4 Å². The minimum atomic E-state index is -0.0732. The van der Waals surface area contributed by atoms with Gasteiger partial charge in [-0.3, -0.25) is 9.69 Å². The summed E-state index contributed by atoms with van der Waals surface area (Å²) in [6.07, 6.45) is 0.900. The van der Waals surface area contributed by atoms with Gasteiger partial charge in [0.15, 0.2) is 0 Å². The van der Waals surface area contributed by atoms with Crippen molar-refractivity contribution in [3.63, 3.8) is 0 Å². The summed E-state index contributed by atoms with van der Waals surface area (Å²) in [4.78, 5) is 14.8. The van der Waals surface area contributed by atoms with Crippen LogP contribution in [0.4, 0.5) is 5.69 Å². The lowest BCUT2D eigenvalue weighted by molar-refractivity contribution is -0.117. The maximum atomic E-state index is 12.8. The van der Waals surface area contributed by atoms with Gasteiger partial charge in [0.05, 0.1) is 23.7 Å². The molecule has 1 amide bonds. The van der Waals surface area contributed by atoms with E-state index in [0.29, 0.717) is 28.9 Å². The maximum Gasteiger partial charge on any atom is 0.249 e. The molecule has 0 fully saturated rings. The van der Waals surface area contributed by atoms with Crippen molar-refractivity contribution in [3.8, 4) is 11.5 Å². The zero-order valence-electron chi connectivity index (χ0n) is 18.5. The Morgan fingerprint density at radius 3 is 2.52 bits per heavy atom. The molecule has 0 radical (unpaired) electrons. The molecule has 2 aromatic carbocycles. The number of carbonyl (C=O) groups is 1. The monoisotopic (exact) mass is 440 g/mol. The van der Waals surface area contributed by atoms with Gasteiger partial charge in [-0.2, -0.15) is 0 Å². The molecule has 1 N–H and O–H groups in total. The van der Waals surface area contributed by atoms with Crippen molar-refractivity contribution in [2.75, 3.05) is 18.4 Å². The summed E-state index contributed by atoms with van der Waals surface area (Å²) in [5.41, 5.74) is 2.58. The SMILES string of the molecule is CCCN(CC(=O)Nc1ccccc1C(C)(C)C)Cc1nnc(-c2ccccc2Cl)o1. The first-order valence-electron chi connectivity index (χ1n) is 10.5. The number of anilines is 1. The highest BCUT2D eigenvalue weighted by molar-refractivity contribution is 6.33. The van der Waals surface area contributed by atoms with Gasteiger partial charge in [-0.25, -0.2) is 0 Å². The fraction of sp³-hybridized carbons (Fsp3) is 0.375. The maximum absolute atomic E-state index is 12.8. The zero-order valence-corrected chi connectivity index (χ0v) is 19.2. The number of nitrogens with one attached hydrogen (secondary N) is 1. The summed E-state index contributed by atoms with van der Waals surface area (Å²) in [7, 11) is 0. The Bertz CT molecular complexity index is 1030. The number of amides is 1. The smallest absolute Gasteiger partial charge is 0.249 e. The molecule has 7 heteroatoms. The first kappa shape index (κ1) is 23.0. The Morgan fingerprint density at radius 1 is 1.10 bits per heavy atom. The number of benzene rings is 2. The Labute approximate surface area is 188 Å². The molecule has 0 aliphatic carbocycles. The standard InChI is InChI=1S/C24H29ClN4O2/c1-5-14-29(15-21(30)26-20-13-9-7-11-18(20)24(2,3)4)16-22-27-28-23(31-22)17-10-6-8-12-19(17)25/h6-13H,5,14-16H2,1-4H3,(H,26,30). The van der Waals surface area contributed by atoms with Crippen molar-refractivity contribution in [2.45, 2.75) is 46.1 Å². The fourth-order valence-electron chi connectivity index (χ4n) is 3.42. The minimum absolute atomic E-state index is 0.0636. The van der Waals surface area contributed by atoms with E-state index in [0.717, 1.165) is 24.2 Å². The predicted octanol–water partition coefficient (Wildman–Crippen LogP) is 5.54. The Hall–Kier alpha value is -2.70. The molecule has 31 heavy (non-hydrogen) atoms. The lowest BCUT2D eigenvalue weighted by atomic mass is 9.86. The quantitative estimate of drug-likeness (QED) is 0.498. The number of nitrogens with zero attached hydrogens (tertiary/aromatic N) is 3. The Balaban J connectivity index is 1.68. The molecule has 0 atom stereocenters. The lowest BCUT2D eigenvalue weighted by Crippen LogP contribution is -2.34. The van der Waals surface area contributed by atoms with Crippen LogP contribution in [-0.2, 0) is 16.8 Å². The molecule has 0 unspecified atom stereocenters. The second-order valence-corrected chi connectivity index (χ2v) is 8.94. The molecule has 0 aliphatic heterocycles. The highest BCUT2D eigenvalue weighted by atomic mass is 35.5. The predicted molar refractivity (Wildman–Crippen MR) is 124 cm³/mol. The number of halogens is 1. The van der Waals surface area contributed by atoms with E-state index in [2.05, 4.69) is 43.2 Å². The third-order valence-corrected chi connectivity index (χ3v) is 5.18. The van der Waals surface area contributed by atoms with Crippen LogP contribution in [-0.4, -0.2) is 34.1 Å². The number of hydrogen-bond donors (Lipinski definition) is 1. The molecule has 0 spiro atoms. The van der Waals surface area contributed by atoms with E-state index < -0.39 is 0 Å². The Kier molecular flexibility index (Phi) is 7.46. The van der Waals surface area contributed by atoms with Gasteiger partial charge in [-0.1, -0.05) is 69.6 Å². The normalized spacial score (nSPS) is 11.7. The van der Waals surface area contributed by atoms with Crippen molar-refractivity contribution < 1.29 is 9.21 Å². The molecule has 0 bridgehead atoms. The van der Waals surface area contributed by atoms with Gasteiger partial charge in [0.1, 0.15) is 0 Å². The van der Waals surface area contributed by atoms with Gasteiger partial charge in [-0.15, -0.1) is 10.2 Å².